The van der Waals surface area contributed by atoms with Gasteiger partial charge in [-0.2, -0.15) is 15.1 Å². The van der Waals surface area contributed by atoms with Gasteiger partial charge in [-0.15, -0.1) is 0 Å². The number of rotatable bonds is 7. The van der Waals surface area contributed by atoms with Gasteiger partial charge in [-0.1, -0.05) is 31.2 Å². The quantitative estimate of drug-likeness (QED) is 0.432. The first-order valence-corrected chi connectivity index (χ1v) is 12.5. The molecule has 3 aromatic rings. The third-order valence-corrected chi connectivity index (χ3v) is 7.13. The Bertz CT molecular complexity index is 1430. The summed E-state index contributed by atoms with van der Waals surface area (Å²) in [6.07, 6.45) is 5.51. The summed E-state index contributed by atoms with van der Waals surface area (Å²) in [5.74, 6) is 0.512. The largest absolute Gasteiger partial charge is 0.492 e. The Morgan fingerprint density at radius 1 is 1.14 bits per heavy atom. The van der Waals surface area contributed by atoms with Crippen LogP contribution in [0.25, 0.3) is 17.0 Å². The van der Waals surface area contributed by atoms with E-state index < -0.39 is 5.91 Å². The number of nitrogens with zero attached hydrogens (tertiary/aromatic N) is 4. The summed E-state index contributed by atoms with van der Waals surface area (Å²) in [6, 6.07) is 14.2. The molecule has 0 atom stereocenters. The van der Waals surface area contributed by atoms with Crippen LogP contribution in [-0.4, -0.2) is 38.1 Å². The van der Waals surface area contributed by atoms with Gasteiger partial charge in [-0.05, 0) is 73.9 Å². The number of hydrazone groups is 1. The molecule has 1 aromatic heterocycles. The van der Waals surface area contributed by atoms with Gasteiger partial charge in [-0.3, -0.25) is 10.2 Å². The Morgan fingerprint density at radius 3 is 2.77 bits per heavy atom. The third-order valence-electron chi connectivity index (χ3n) is 6.16. The van der Waals surface area contributed by atoms with Crippen molar-refractivity contribution in [2.75, 3.05) is 6.61 Å². The predicted molar refractivity (Wildman–Crippen MR) is 143 cm³/mol. The first-order chi connectivity index (χ1) is 16.9. The molecule has 1 N–H and O–H groups in total. The number of carbonyl (C=O) groups excluding carboxylic acids is 1. The average Bonchev–Trinajstić information content (AvgIpc) is 3.40. The van der Waals surface area contributed by atoms with E-state index in [-0.39, 0.29) is 11.4 Å². The number of aryl methyl sites for hydroxylation is 2. The number of amidine groups is 2. The molecule has 3 heterocycles. The molecule has 0 fully saturated rings. The van der Waals surface area contributed by atoms with Crippen molar-refractivity contribution in [2.45, 2.75) is 40.2 Å². The van der Waals surface area contributed by atoms with Crippen molar-refractivity contribution in [1.82, 2.24) is 9.58 Å². The van der Waals surface area contributed by atoms with Crippen molar-refractivity contribution in [3.63, 3.8) is 0 Å². The molecule has 7 nitrogen and oxygen atoms in total. The molecule has 0 saturated heterocycles. The van der Waals surface area contributed by atoms with Crippen LogP contribution in [0.4, 0.5) is 0 Å². The number of benzene rings is 2. The van der Waals surface area contributed by atoms with Crippen molar-refractivity contribution >= 4 is 50.7 Å². The zero-order chi connectivity index (χ0) is 24.5. The minimum Gasteiger partial charge on any atom is -0.492 e. The Balaban J connectivity index is 1.41. The molecule has 2 aliphatic rings. The molecule has 178 valence electrons. The lowest BCUT2D eigenvalue weighted by Gasteiger charge is -2.20. The van der Waals surface area contributed by atoms with Crippen LogP contribution < -0.4 is 4.74 Å². The Hall–Kier alpha value is -3.65. The highest BCUT2D eigenvalue weighted by Gasteiger charge is 2.35. The summed E-state index contributed by atoms with van der Waals surface area (Å²) >= 11 is 1.37. The minimum atomic E-state index is -0.406. The van der Waals surface area contributed by atoms with Crippen LogP contribution in [0.15, 0.2) is 64.3 Å². The van der Waals surface area contributed by atoms with Gasteiger partial charge < -0.3 is 9.30 Å². The Morgan fingerprint density at radius 2 is 1.97 bits per heavy atom. The maximum absolute atomic E-state index is 12.8. The monoisotopic (exact) mass is 485 g/mol. The molecule has 35 heavy (non-hydrogen) atoms. The number of thioether (sulfide) groups is 1. The predicted octanol–water partition coefficient (Wildman–Crippen LogP) is 5.76. The normalized spacial score (nSPS) is 16.7. The summed E-state index contributed by atoms with van der Waals surface area (Å²) < 4.78 is 8.12. The van der Waals surface area contributed by atoms with Gasteiger partial charge >= 0.3 is 0 Å². The number of aromatic nitrogens is 1. The van der Waals surface area contributed by atoms with E-state index in [0.29, 0.717) is 18.3 Å². The lowest BCUT2D eigenvalue weighted by atomic mass is 10.1. The van der Waals surface area contributed by atoms with Crippen molar-refractivity contribution in [3.8, 4) is 5.75 Å². The highest BCUT2D eigenvalue weighted by molar-refractivity contribution is 8.26. The molecular weight excluding hydrogens is 458 g/mol. The topological polar surface area (TPSA) is 83.0 Å². The van der Waals surface area contributed by atoms with E-state index in [1.54, 1.807) is 6.08 Å². The van der Waals surface area contributed by atoms with Crippen LogP contribution in [0, 0.1) is 19.3 Å². The Labute approximate surface area is 208 Å². The SMILES string of the molecule is CCCC1=NN2C(=N)/C(=C/c3cn(CCOc4ccc(C)c(C)c4)c4ccccc34)C(=O)N=C2S1. The van der Waals surface area contributed by atoms with Crippen LogP contribution in [-0.2, 0) is 11.3 Å². The zero-order valence-electron chi connectivity index (χ0n) is 20.0. The summed E-state index contributed by atoms with van der Waals surface area (Å²) in [5, 5.41) is 17.0. The standard InChI is InChI=1S/C27H27N5O2S/c1-4-7-24-30-32-25(28)22(26(33)29-27(32)35-24)15-19-16-31(23-9-6-5-8-21(19)23)12-13-34-20-11-10-17(2)18(3)14-20/h5-6,8-11,14-16,28H,4,7,12-13H2,1-3H3/b22-15-,28-25?. The highest BCUT2D eigenvalue weighted by atomic mass is 32.2. The average molecular weight is 486 g/mol. The van der Waals surface area contributed by atoms with Crippen LogP contribution in [0.2, 0.25) is 0 Å². The molecule has 2 aromatic carbocycles. The van der Waals surface area contributed by atoms with Gasteiger partial charge in [0.15, 0.2) is 5.84 Å². The van der Waals surface area contributed by atoms with Crippen LogP contribution >= 0.6 is 11.8 Å². The van der Waals surface area contributed by atoms with Gasteiger partial charge in [0.2, 0.25) is 5.17 Å². The zero-order valence-corrected chi connectivity index (χ0v) is 20.9. The highest BCUT2D eigenvalue weighted by Crippen LogP contribution is 2.31. The maximum atomic E-state index is 12.8. The van der Waals surface area contributed by atoms with E-state index in [9.17, 15) is 4.79 Å². The van der Waals surface area contributed by atoms with E-state index >= 15 is 0 Å². The van der Waals surface area contributed by atoms with Gasteiger partial charge in [0.05, 0.1) is 12.1 Å². The number of aliphatic imine (C=N–C) groups is 1. The summed E-state index contributed by atoms with van der Waals surface area (Å²) in [6.45, 7) is 7.40. The number of fused-ring (bicyclic) bond motifs is 2. The molecular formula is C27H27N5O2S. The molecule has 0 saturated carbocycles. The molecule has 0 radical (unpaired) electrons. The number of hydrogen-bond acceptors (Lipinski definition) is 5. The molecule has 0 spiro atoms. The van der Waals surface area contributed by atoms with E-state index in [4.69, 9.17) is 10.1 Å². The number of amides is 1. The molecule has 2 aliphatic heterocycles. The molecule has 1 amide bonds. The van der Waals surface area contributed by atoms with Gasteiger partial charge in [0.25, 0.3) is 5.91 Å². The van der Waals surface area contributed by atoms with Crippen LogP contribution in [0.3, 0.4) is 0 Å². The van der Waals surface area contributed by atoms with Crippen molar-refractivity contribution in [3.05, 3.63) is 70.9 Å². The summed E-state index contributed by atoms with van der Waals surface area (Å²) in [7, 11) is 0. The number of carbonyl (C=O) groups is 1. The van der Waals surface area contributed by atoms with Crippen molar-refractivity contribution < 1.29 is 9.53 Å². The summed E-state index contributed by atoms with van der Waals surface area (Å²) in [4.78, 5) is 17.0. The van der Waals surface area contributed by atoms with Gasteiger partial charge in [0.1, 0.15) is 17.4 Å². The third kappa shape index (κ3) is 4.53. The second-order valence-electron chi connectivity index (χ2n) is 8.65. The molecule has 0 unspecified atom stereocenters. The molecule has 5 rings (SSSR count). The summed E-state index contributed by atoms with van der Waals surface area (Å²) in [5.41, 5.74) is 4.59. The molecule has 0 bridgehead atoms. The van der Waals surface area contributed by atoms with Crippen molar-refractivity contribution in [1.29, 1.82) is 5.41 Å². The minimum absolute atomic E-state index is 0.0634. The number of para-hydroxylation sites is 1. The number of ether oxygens (including phenoxy) is 1. The maximum Gasteiger partial charge on any atom is 0.283 e. The fourth-order valence-corrected chi connectivity index (χ4v) is 5.13. The molecule has 0 aliphatic carbocycles. The van der Waals surface area contributed by atoms with Gasteiger partial charge in [0, 0.05) is 22.7 Å². The van der Waals surface area contributed by atoms with Gasteiger partial charge in [-0.25, -0.2) is 0 Å². The molecule has 8 heteroatoms. The lowest BCUT2D eigenvalue weighted by molar-refractivity contribution is -0.114. The van der Waals surface area contributed by atoms with E-state index in [0.717, 1.165) is 40.1 Å². The van der Waals surface area contributed by atoms with Crippen LogP contribution in [0.5, 0.6) is 5.75 Å². The van der Waals surface area contributed by atoms with E-state index in [1.165, 1.54) is 27.9 Å². The fraction of sp³-hybridized carbons (Fsp3) is 0.259. The van der Waals surface area contributed by atoms with Crippen LogP contribution in [0.1, 0.15) is 36.5 Å². The van der Waals surface area contributed by atoms with E-state index in [1.807, 2.05) is 30.5 Å². The second-order valence-corrected chi connectivity index (χ2v) is 9.69. The van der Waals surface area contributed by atoms with Crippen molar-refractivity contribution in [2.24, 2.45) is 10.1 Å². The Kier molecular flexibility index (Phi) is 6.30. The number of hydrogen-bond donors (Lipinski definition) is 1. The smallest absolute Gasteiger partial charge is 0.283 e. The lowest BCUT2D eigenvalue weighted by Crippen LogP contribution is -2.35. The number of nitrogens with one attached hydrogen (secondary N) is 1. The fourth-order valence-electron chi connectivity index (χ4n) is 4.14. The first-order valence-electron chi connectivity index (χ1n) is 11.7. The van der Waals surface area contributed by atoms with E-state index in [2.05, 4.69) is 53.6 Å². The second kappa shape index (κ2) is 9.54. The first kappa shape index (κ1) is 23.1.